The second-order valence-corrected chi connectivity index (χ2v) is 2.42. The third-order valence-corrected chi connectivity index (χ3v) is 1.53. The summed E-state index contributed by atoms with van der Waals surface area (Å²) >= 11 is 0. The van der Waals surface area contributed by atoms with E-state index in [2.05, 4.69) is 15.4 Å². The van der Waals surface area contributed by atoms with Crippen molar-refractivity contribution in [3.8, 4) is 0 Å². The fraction of sp³-hybridized carbons (Fsp3) is 0.333. The molecular formula is C6H8N4O. The van der Waals surface area contributed by atoms with Crippen LogP contribution >= 0.6 is 0 Å². The summed E-state index contributed by atoms with van der Waals surface area (Å²) in [5.74, 6) is 0.581. The second kappa shape index (κ2) is 2.06. The monoisotopic (exact) mass is 152 g/mol. The predicted molar refractivity (Wildman–Crippen MR) is 38.7 cm³/mol. The van der Waals surface area contributed by atoms with Gasteiger partial charge in [-0.1, -0.05) is 0 Å². The van der Waals surface area contributed by atoms with Crippen LogP contribution in [0.15, 0.2) is 18.1 Å². The van der Waals surface area contributed by atoms with Crippen LogP contribution in [-0.2, 0) is 0 Å². The van der Waals surface area contributed by atoms with E-state index in [1.807, 2.05) is 6.92 Å². The third-order valence-electron chi connectivity index (χ3n) is 1.53. The summed E-state index contributed by atoms with van der Waals surface area (Å²) in [6.45, 7) is 1.86. The Balaban J connectivity index is 2.45. The molecule has 1 aromatic rings. The van der Waals surface area contributed by atoms with Gasteiger partial charge in [0.25, 0.3) is 0 Å². The van der Waals surface area contributed by atoms with Crippen LogP contribution < -0.4 is 5.32 Å². The van der Waals surface area contributed by atoms with Crippen molar-refractivity contribution in [1.82, 2.24) is 14.8 Å². The lowest BCUT2D eigenvalue weighted by Crippen LogP contribution is -2.18. The Labute approximate surface area is 63.4 Å². The molecule has 5 heteroatoms. The highest BCUT2D eigenvalue weighted by Gasteiger charge is 2.15. The van der Waals surface area contributed by atoms with Crippen molar-refractivity contribution in [3.63, 3.8) is 0 Å². The maximum absolute atomic E-state index is 9.36. The van der Waals surface area contributed by atoms with Crippen molar-refractivity contribution in [2.24, 2.45) is 0 Å². The summed E-state index contributed by atoms with van der Waals surface area (Å²) in [6.07, 6.45) is 2.38. The average molecular weight is 152 g/mol. The molecule has 0 saturated heterocycles. The largest absolute Gasteiger partial charge is 0.368 e. The number of allylic oxidation sites excluding steroid dienone is 1. The van der Waals surface area contributed by atoms with Gasteiger partial charge in [-0.15, -0.1) is 0 Å². The van der Waals surface area contributed by atoms with Crippen LogP contribution in [0.4, 0.5) is 5.95 Å². The number of nitrogens with zero attached hydrogens (tertiary/aromatic N) is 3. The molecule has 0 radical (unpaired) electrons. The first-order chi connectivity index (χ1) is 5.27. The summed E-state index contributed by atoms with van der Waals surface area (Å²) in [7, 11) is 0. The van der Waals surface area contributed by atoms with Crippen molar-refractivity contribution in [2.75, 3.05) is 5.32 Å². The molecule has 0 aromatic carbocycles. The van der Waals surface area contributed by atoms with Gasteiger partial charge in [-0.3, -0.25) is 0 Å². The highest BCUT2D eigenvalue weighted by atomic mass is 16.3. The molecule has 2 rings (SSSR count). The molecule has 0 aliphatic carbocycles. The SMILES string of the molecule is CC1=C[C@H](O)n2ncnc2N1. The fourth-order valence-electron chi connectivity index (χ4n) is 1.05. The summed E-state index contributed by atoms with van der Waals surface area (Å²) in [5, 5.41) is 16.1. The number of aromatic nitrogens is 3. The van der Waals surface area contributed by atoms with Crippen LogP contribution in [0.2, 0.25) is 0 Å². The van der Waals surface area contributed by atoms with E-state index in [0.29, 0.717) is 5.95 Å². The molecule has 0 amide bonds. The van der Waals surface area contributed by atoms with Crippen LogP contribution in [-0.4, -0.2) is 19.9 Å². The Hall–Kier alpha value is -1.36. The molecule has 58 valence electrons. The maximum Gasteiger partial charge on any atom is 0.228 e. The van der Waals surface area contributed by atoms with Crippen molar-refractivity contribution in [3.05, 3.63) is 18.1 Å². The number of rotatable bonds is 0. The lowest BCUT2D eigenvalue weighted by Gasteiger charge is -2.17. The molecule has 0 saturated carbocycles. The Kier molecular flexibility index (Phi) is 1.19. The zero-order chi connectivity index (χ0) is 7.84. The van der Waals surface area contributed by atoms with E-state index >= 15 is 0 Å². The molecule has 0 bridgehead atoms. The first kappa shape index (κ1) is 6.36. The molecule has 1 aliphatic rings. The third kappa shape index (κ3) is 0.894. The Morgan fingerprint density at radius 1 is 1.73 bits per heavy atom. The summed E-state index contributed by atoms with van der Waals surface area (Å²) in [5.41, 5.74) is 0.887. The second-order valence-electron chi connectivity index (χ2n) is 2.42. The highest BCUT2D eigenvalue weighted by Crippen LogP contribution is 2.18. The molecule has 11 heavy (non-hydrogen) atoms. The quantitative estimate of drug-likeness (QED) is 0.553. The van der Waals surface area contributed by atoms with Crippen molar-refractivity contribution in [2.45, 2.75) is 13.2 Å². The molecule has 1 aliphatic heterocycles. The predicted octanol–water partition coefficient (Wildman–Crippen LogP) is 0.0983. The van der Waals surface area contributed by atoms with E-state index in [0.717, 1.165) is 5.70 Å². The van der Waals surface area contributed by atoms with E-state index < -0.39 is 6.23 Å². The van der Waals surface area contributed by atoms with Gasteiger partial charge < -0.3 is 10.4 Å². The standard InChI is InChI=1S/C6H8N4O/c1-4-2-5(11)10-6(9-4)7-3-8-10/h2-3,5,11H,1H3,(H,7,8,9)/t5-/m0/s1. The number of aliphatic hydroxyl groups excluding tert-OH is 1. The molecular weight excluding hydrogens is 144 g/mol. The van der Waals surface area contributed by atoms with Gasteiger partial charge in [0.1, 0.15) is 6.33 Å². The molecule has 0 spiro atoms. The maximum atomic E-state index is 9.36. The average Bonchev–Trinajstić information content (AvgIpc) is 2.34. The van der Waals surface area contributed by atoms with Gasteiger partial charge >= 0.3 is 0 Å². The van der Waals surface area contributed by atoms with Crippen LogP contribution in [0.25, 0.3) is 0 Å². The van der Waals surface area contributed by atoms with Crippen LogP contribution in [0, 0.1) is 0 Å². The minimum atomic E-state index is -0.686. The minimum absolute atomic E-state index is 0.581. The molecule has 5 nitrogen and oxygen atoms in total. The van der Waals surface area contributed by atoms with Crippen LogP contribution in [0.3, 0.4) is 0 Å². The fourth-order valence-corrected chi connectivity index (χ4v) is 1.05. The topological polar surface area (TPSA) is 63.0 Å². The number of nitrogens with one attached hydrogen (secondary N) is 1. The molecule has 1 aromatic heterocycles. The number of aliphatic hydroxyl groups is 1. The Morgan fingerprint density at radius 2 is 2.55 bits per heavy atom. The summed E-state index contributed by atoms with van der Waals surface area (Å²) in [4.78, 5) is 3.90. The van der Waals surface area contributed by atoms with E-state index in [1.165, 1.54) is 11.0 Å². The van der Waals surface area contributed by atoms with Crippen LogP contribution in [0.5, 0.6) is 0 Å². The van der Waals surface area contributed by atoms with E-state index in [1.54, 1.807) is 6.08 Å². The molecule has 0 unspecified atom stereocenters. The number of fused-ring (bicyclic) bond motifs is 1. The molecule has 1 atom stereocenters. The number of hydrogen-bond donors (Lipinski definition) is 2. The molecule has 0 fully saturated rings. The van der Waals surface area contributed by atoms with E-state index in [4.69, 9.17) is 0 Å². The van der Waals surface area contributed by atoms with Crippen LogP contribution in [0.1, 0.15) is 13.2 Å². The highest BCUT2D eigenvalue weighted by molar-refractivity contribution is 5.36. The summed E-state index contributed by atoms with van der Waals surface area (Å²) < 4.78 is 1.41. The van der Waals surface area contributed by atoms with Crippen molar-refractivity contribution >= 4 is 5.95 Å². The van der Waals surface area contributed by atoms with Gasteiger partial charge in [0.15, 0.2) is 6.23 Å². The van der Waals surface area contributed by atoms with E-state index in [-0.39, 0.29) is 0 Å². The number of hydrogen-bond acceptors (Lipinski definition) is 4. The summed E-state index contributed by atoms with van der Waals surface area (Å²) in [6, 6.07) is 0. The van der Waals surface area contributed by atoms with Crippen molar-refractivity contribution in [1.29, 1.82) is 0 Å². The van der Waals surface area contributed by atoms with E-state index in [9.17, 15) is 5.11 Å². The van der Waals surface area contributed by atoms with Gasteiger partial charge in [0, 0.05) is 5.70 Å². The normalized spacial score (nSPS) is 22.0. The Bertz CT molecular complexity index is 303. The molecule has 2 N–H and O–H groups in total. The van der Waals surface area contributed by atoms with Gasteiger partial charge in [0.2, 0.25) is 5.95 Å². The smallest absolute Gasteiger partial charge is 0.228 e. The van der Waals surface area contributed by atoms with Gasteiger partial charge in [-0.2, -0.15) is 14.8 Å². The zero-order valence-corrected chi connectivity index (χ0v) is 6.02. The first-order valence-corrected chi connectivity index (χ1v) is 3.30. The minimum Gasteiger partial charge on any atom is -0.368 e. The van der Waals surface area contributed by atoms with Gasteiger partial charge in [0.05, 0.1) is 0 Å². The number of anilines is 1. The molecule has 2 heterocycles. The van der Waals surface area contributed by atoms with Gasteiger partial charge in [-0.05, 0) is 13.0 Å². The van der Waals surface area contributed by atoms with Crippen molar-refractivity contribution < 1.29 is 5.11 Å². The van der Waals surface area contributed by atoms with Gasteiger partial charge in [-0.25, -0.2) is 0 Å². The lowest BCUT2D eigenvalue weighted by atomic mass is 10.3. The zero-order valence-electron chi connectivity index (χ0n) is 6.02. The first-order valence-electron chi connectivity index (χ1n) is 3.30. The lowest BCUT2D eigenvalue weighted by molar-refractivity contribution is 0.139. The Morgan fingerprint density at radius 3 is 3.36 bits per heavy atom.